The van der Waals surface area contributed by atoms with E-state index in [4.69, 9.17) is 46.4 Å². The van der Waals surface area contributed by atoms with Crippen molar-refractivity contribution in [3.05, 3.63) is 108 Å². The molecule has 214 valence electrons. The van der Waals surface area contributed by atoms with Gasteiger partial charge in [-0.25, -0.2) is 8.42 Å². The largest absolute Gasteiger partial charge is 0.369 e. The maximum Gasteiger partial charge on any atom is 0.188 e. The van der Waals surface area contributed by atoms with Crippen LogP contribution in [0.15, 0.2) is 102 Å². The lowest BCUT2D eigenvalue weighted by atomic mass is 10.1. The Morgan fingerprint density at radius 1 is 0.625 bits per heavy atom. The molecule has 0 amide bonds. The van der Waals surface area contributed by atoms with Gasteiger partial charge in [0.2, 0.25) is 0 Å². The summed E-state index contributed by atoms with van der Waals surface area (Å²) in [5.41, 5.74) is 3.68. The fourth-order valence-corrected chi connectivity index (χ4v) is 6.76. The van der Waals surface area contributed by atoms with Crippen LogP contribution < -0.4 is 9.80 Å². The SMILES string of the molecule is O=S(=O)(c1ccccc1)C(C=CC=Cc1ccc(N(CCCl)CCCl)cc1)c1ccc(N(CCCl)CCCl)cc1. The molecule has 0 bridgehead atoms. The van der Waals surface area contributed by atoms with Gasteiger partial charge in [0.1, 0.15) is 5.25 Å². The quantitative estimate of drug-likeness (QED) is 0.117. The number of anilines is 2. The zero-order chi connectivity index (χ0) is 28.8. The molecule has 4 nitrogen and oxygen atoms in total. The highest BCUT2D eigenvalue weighted by Crippen LogP contribution is 2.31. The number of hydrogen-bond acceptors (Lipinski definition) is 4. The van der Waals surface area contributed by atoms with Crippen LogP contribution in [-0.4, -0.2) is 58.1 Å². The average Bonchev–Trinajstić information content (AvgIpc) is 2.98. The molecule has 0 aliphatic carbocycles. The van der Waals surface area contributed by atoms with Gasteiger partial charge in [-0.2, -0.15) is 0 Å². The summed E-state index contributed by atoms with van der Waals surface area (Å²) in [7, 11) is -3.68. The lowest BCUT2D eigenvalue weighted by Crippen LogP contribution is -2.27. The summed E-state index contributed by atoms with van der Waals surface area (Å²) in [5.74, 6) is 2.00. The minimum absolute atomic E-state index is 0.276. The Kier molecular flexibility index (Phi) is 13.7. The molecular weight excluding hydrogens is 606 g/mol. The summed E-state index contributed by atoms with van der Waals surface area (Å²) in [6, 6.07) is 24.2. The number of rotatable bonds is 16. The van der Waals surface area contributed by atoms with Crippen LogP contribution in [-0.2, 0) is 9.84 Å². The van der Waals surface area contributed by atoms with E-state index in [0.717, 1.165) is 30.0 Å². The van der Waals surface area contributed by atoms with E-state index >= 15 is 0 Å². The van der Waals surface area contributed by atoms with Gasteiger partial charge in [0.15, 0.2) is 9.84 Å². The first kappa shape index (κ1) is 32.4. The molecular formula is C31H34Cl4N2O2S. The van der Waals surface area contributed by atoms with Crippen LogP contribution in [0.2, 0.25) is 0 Å². The number of sulfone groups is 1. The summed E-state index contributed by atoms with van der Waals surface area (Å²) in [4.78, 5) is 4.50. The second-order valence-corrected chi connectivity index (χ2v) is 12.5. The minimum atomic E-state index is -3.68. The first-order valence-corrected chi connectivity index (χ1v) is 16.7. The average molecular weight is 641 g/mol. The van der Waals surface area contributed by atoms with Gasteiger partial charge < -0.3 is 9.80 Å². The second kappa shape index (κ2) is 17.0. The topological polar surface area (TPSA) is 40.6 Å². The van der Waals surface area contributed by atoms with Crippen molar-refractivity contribution >= 4 is 73.7 Å². The Labute approximate surface area is 258 Å². The van der Waals surface area contributed by atoms with Crippen molar-refractivity contribution in [1.29, 1.82) is 0 Å². The van der Waals surface area contributed by atoms with E-state index in [2.05, 4.69) is 9.80 Å². The van der Waals surface area contributed by atoms with Gasteiger partial charge in [-0.1, -0.05) is 66.8 Å². The Hall–Kier alpha value is -2.15. The number of halogens is 4. The van der Waals surface area contributed by atoms with Gasteiger partial charge in [0.25, 0.3) is 0 Å². The summed E-state index contributed by atoms with van der Waals surface area (Å²) in [6.45, 7) is 2.76. The molecule has 3 rings (SSSR count). The van der Waals surface area contributed by atoms with Crippen molar-refractivity contribution in [2.75, 3.05) is 59.5 Å². The van der Waals surface area contributed by atoms with Crippen LogP contribution in [0.25, 0.3) is 6.08 Å². The zero-order valence-corrected chi connectivity index (χ0v) is 26.0. The predicted molar refractivity (Wildman–Crippen MR) is 175 cm³/mol. The Morgan fingerprint density at radius 2 is 1.10 bits per heavy atom. The number of alkyl halides is 4. The molecule has 9 heteroatoms. The minimum Gasteiger partial charge on any atom is -0.369 e. The van der Waals surface area contributed by atoms with E-state index in [1.54, 1.807) is 42.5 Å². The van der Waals surface area contributed by atoms with Crippen LogP contribution in [0, 0.1) is 0 Å². The van der Waals surface area contributed by atoms with E-state index < -0.39 is 15.1 Å². The molecule has 0 heterocycles. The highest BCUT2D eigenvalue weighted by atomic mass is 35.5. The van der Waals surface area contributed by atoms with Gasteiger partial charge in [-0.15, -0.1) is 46.4 Å². The third kappa shape index (κ3) is 9.19. The highest BCUT2D eigenvalue weighted by molar-refractivity contribution is 7.91. The van der Waals surface area contributed by atoms with Crippen LogP contribution in [0.3, 0.4) is 0 Å². The second-order valence-electron chi connectivity index (χ2n) is 8.94. The van der Waals surface area contributed by atoms with E-state index in [9.17, 15) is 8.42 Å². The Bertz CT molecular complexity index is 1300. The highest BCUT2D eigenvalue weighted by Gasteiger charge is 2.26. The molecule has 0 fully saturated rings. The third-order valence-electron chi connectivity index (χ3n) is 6.35. The zero-order valence-electron chi connectivity index (χ0n) is 22.2. The van der Waals surface area contributed by atoms with Gasteiger partial charge in [-0.3, -0.25) is 0 Å². The van der Waals surface area contributed by atoms with Crippen molar-refractivity contribution in [3.63, 3.8) is 0 Å². The molecule has 0 N–H and O–H groups in total. The molecule has 0 radical (unpaired) electrons. The molecule has 0 aliphatic rings. The monoisotopic (exact) mass is 638 g/mol. The molecule has 3 aromatic rings. The van der Waals surface area contributed by atoms with Crippen LogP contribution in [0.1, 0.15) is 16.4 Å². The number of nitrogens with zero attached hydrogens (tertiary/aromatic N) is 2. The Balaban J connectivity index is 1.85. The normalized spacial score (nSPS) is 12.7. The first-order valence-electron chi connectivity index (χ1n) is 13.0. The van der Waals surface area contributed by atoms with Crippen molar-refractivity contribution < 1.29 is 8.42 Å². The maximum absolute atomic E-state index is 13.7. The van der Waals surface area contributed by atoms with E-state index in [-0.39, 0.29) is 4.90 Å². The maximum atomic E-state index is 13.7. The molecule has 0 aromatic heterocycles. The summed E-state index contributed by atoms with van der Waals surface area (Å²) >= 11 is 23.8. The van der Waals surface area contributed by atoms with Crippen LogP contribution in [0.5, 0.6) is 0 Å². The van der Waals surface area contributed by atoms with Crippen LogP contribution in [0.4, 0.5) is 11.4 Å². The van der Waals surface area contributed by atoms with Crippen LogP contribution >= 0.6 is 46.4 Å². The number of benzene rings is 3. The van der Waals surface area contributed by atoms with Gasteiger partial charge in [0.05, 0.1) is 4.90 Å². The van der Waals surface area contributed by atoms with Gasteiger partial charge in [-0.05, 0) is 47.5 Å². The van der Waals surface area contributed by atoms with Crippen molar-refractivity contribution in [3.8, 4) is 0 Å². The van der Waals surface area contributed by atoms with Crippen molar-refractivity contribution in [2.24, 2.45) is 0 Å². The third-order valence-corrected chi connectivity index (χ3v) is 9.06. The Morgan fingerprint density at radius 3 is 1.57 bits per heavy atom. The molecule has 0 saturated heterocycles. The first-order chi connectivity index (χ1) is 19.4. The lowest BCUT2D eigenvalue weighted by molar-refractivity contribution is 0.590. The molecule has 0 saturated carbocycles. The summed E-state index contributed by atoms with van der Waals surface area (Å²) in [5, 5.41) is -0.856. The van der Waals surface area contributed by atoms with Crippen molar-refractivity contribution in [2.45, 2.75) is 10.1 Å². The summed E-state index contributed by atoms with van der Waals surface area (Å²) < 4.78 is 27.4. The predicted octanol–water partition coefficient (Wildman–Crippen LogP) is 8.04. The number of allylic oxidation sites excluding steroid dienone is 2. The molecule has 0 aliphatic heterocycles. The van der Waals surface area contributed by atoms with Gasteiger partial charge >= 0.3 is 0 Å². The molecule has 1 atom stereocenters. The smallest absolute Gasteiger partial charge is 0.188 e. The standard InChI is InChI=1S/C31H34Cl4N2O2S/c32-18-22-36(23-19-33)28-14-10-26(11-15-28)6-4-5-9-31(40(38,39)30-7-2-1-3-8-30)27-12-16-29(17-13-27)37(24-20-34)25-21-35/h1-17,31H,18-25H2. The van der Waals surface area contributed by atoms with E-state index in [0.29, 0.717) is 42.2 Å². The molecule has 3 aromatic carbocycles. The van der Waals surface area contributed by atoms with E-state index in [1.165, 1.54) is 0 Å². The number of hydrogen-bond donors (Lipinski definition) is 0. The molecule has 1 unspecified atom stereocenters. The molecule has 40 heavy (non-hydrogen) atoms. The molecule has 0 spiro atoms. The fraction of sp³-hybridized carbons (Fsp3) is 0.290. The van der Waals surface area contributed by atoms with Gasteiger partial charge in [0, 0.05) is 61.1 Å². The van der Waals surface area contributed by atoms with E-state index in [1.807, 2.05) is 60.7 Å². The summed E-state index contributed by atoms with van der Waals surface area (Å²) in [6.07, 6.45) is 7.31. The fourth-order valence-electron chi connectivity index (χ4n) is 4.30. The van der Waals surface area contributed by atoms with Crippen molar-refractivity contribution in [1.82, 2.24) is 0 Å². The lowest BCUT2D eigenvalue weighted by Gasteiger charge is -2.23.